The van der Waals surface area contributed by atoms with Gasteiger partial charge in [0, 0.05) is 0 Å². The molecule has 6 nitrogen and oxygen atoms in total. The molecule has 0 radical (unpaired) electrons. The molecule has 0 aromatic heterocycles. The SMILES string of the molecule is CC(C)(C)OC(=O)N[C@@H](CO)C(=O)Oc1c(F)c(F)c(F)c(F)c1F. The average molecular weight is 371 g/mol. The van der Waals surface area contributed by atoms with E-state index in [-0.39, 0.29) is 0 Å². The van der Waals surface area contributed by atoms with Gasteiger partial charge in [0.25, 0.3) is 0 Å². The minimum atomic E-state index is -2.43. The first-order chi connectivity index (χ1) is 11.4. The number of esters is 1. The summed E-state index contributed by atoms with van der Waals surface area (Å²) in [5.74, 6) is -15.3. The molecule has 0 fully saturated rings. The first-order valence-electron chi connectivity index (χ1n) is 6.72. The van der Waals surface area contributed by atoms with Crippen molar-refractivity contribution in [1.82, 2.24) is 5.32 Å². The van der Waals surface area contributed by atoms with E-state index in [1.807, 2.05) is 5.32 Å². The average Bonchev–Trinajstić information content (AvgIpc) is 2.51. The van der Waals surface area contributed by atoms with Gasteiger partial charge in [-0.15, -0.1) is 0 Å². The highest BCUT2D eigenvalue weighted by molar-refractivity contribution is 5.83. The third-order valence-electron chi connectivity index (χ3n) is 2.53. The Labute approximate surface area is 138 Å². The largest absolute Gasteiger partial charge is 0.444 e. The van der Waals surface area contributed by atoms with Gasteiger partial charge in [-0.05, 0) is 20.8 Å². The summed E-state index contributed by atoms with van der Waals surface area (Å²) < 4.78 is 74.8. The second kappa shape index (κ2) is 7.64. The molecular formula is C14H14F5NO5. The molecule has 25 heavy (non-hydrogen) atoms. The highest BCUT2D eigenvalue weighted by atomic mass is 19.2. The van der Waals surface area contributed by atoms with Crippen molar-refractivity contribution in [3.63, 3.8) is 0 Å². The lowest BCUT2D eigenvalue weighted by atomic mass is 10.2. The molecule has 0 unspecified atom stereocenters. The van der Waals surface area contributed by atoms with Crippen LogP contribution < -0.4 is 10.1 Å². The highest BCUT2D eigenvalue weighted by Crippen LogP contribution is 2.29. The van der Waals surface area contributed by atoms with Crippen LogP contribution in [0.4, 0.5) is 26.7 Å². The van der Waals surface area contributed by atoms with Crippen LogP contribution in [0.2, 0.25) is 0 Å². The number of carbonyl (C=O) groups is 2. The molecule has 1 rings (SSSR count). The first kappa shape index (κ1) is 20.6. The smallest absolute Gasteiger partial charge is 0.408 e. The van der Waals surface area contributed by atoms with E-state index in [0.29, 0.717) is 0 Å². The van der Waals surface area contributed by atoms with E-state index in [1.165, 1.54) is 20.8 Å². The molecule has 0 saturated carbocycles. The standard InChI is InChI=1S/C14H14F5NO5/c1-14(2,3)25-13(23)20-5(4-21)12(22)24-11-9(18)7(16)6(15)8(17)10(11)19/h5,21H,4H2,1-3H3,(H,20,23)/t5-/m0/s1. The topological polar surface area (TPSA) is 84.9 Å². The van der Waals surface area contributed by atoms with Gasteiger partial charge >= 0.3 is 12.1 Å². The van der Waals surface area contributed by atoms with E-state index in [0.717, 1.165) is 0 Å². The van der Waals surface area contributed by atoms with Crippen molar-refractivity contribution in [1.29, 1.82) is 0 Å². The molecular weight excluding hydrogens is 357 g/mol. The summed E-state index contributed by atoms with van der Waals surface area (Å²) in [6.07, 6.45) is -1.18. The quantitative estimate of drug-likeness (QED) is 0.279. The van der Waals surface area contributed by atoms with Gasteiger partial charge in [0.05, 0.1) is 6.61 Å². The van der Waals surface area contributed by atoms with Crippen LogP contribution in [0.3, 0.4) is 0 Å². The molecule has 0 spiro atoms. The van der Waals surface area contributed by atoms with E-state index < -0.39 is 65.1 Å². The third kappa shape index (κ3) is 5.02. The Balaban J connectivity index is 2.99. The van der Waals surface area contributed by atoms with Crippen molar-refractivity contribution in [2.24, 2.45) is 0 Å². The summed E-state index contributed by atoms with van der Waals surface area (Å²) in [7, 11) is 0. The predicted molar refractivity (Wildman–Crippen MR) is 72.1 cm³/mol. The Kier molecular flexibility index (Phi) is 6.30. The maximum atomic E-state index is 13.4. The molecule has 0 heterocycles. The fourth-order valence-corrected chi connectivity index (χ4v) is 1.48. The summed E-state index contributed by atoms with van der Waals surface area (Å²) in [6, 6.07) is -1.87. The van der Waals surface area contributed by atoms with Gasteiger partial charge in [-0.1, -0.05) is 0 Å². The Bertz CT molecular complexity index is 660. The fraction of sp³-hybridized carbons (Fsp3) is 0.429. The van der Waals surface area contributed by atoms with Crippen LogP contribution in [-0.4, -0.2) is 35.4 Å². The number of rotatable bonds is 4. The van der Waals surface area contributed by atoms with Gasteiger partial charge in [-0.25, -0.2) is 22.8 Å². The van der Waals surface area contributed by atoms with Gasteiger partial charge in [0.2, 0.25) is 34.8 Å². The minimum Gasteiger partial charge on any atom is -0.444 e. The lowest BCUT2D eigenvalue weighted by Crippen LogP contribution is -2.47. The second-order valence-electron chi connectivity index (χ2n) is 5.70. The zero-order valence-electron chi connectivity index (χ0n) is 13.3. The molecule has 11 heteroatoms. The van der Waals surface area contributed by atoms with Crippen LogP contribution in [-0.2, 0) is 9.53 Å². The molecule has 0 aliphatic heterocycles. The van der Waals surface area contributed by atoms with Crippen molar-refractivity contribution < 1.29 is 46.1 Å². The van der Waals surface area contributed by atoms with E-state index in [1.54, 1.807) is 0 Å². The van der Waals surface area contributed by atoms with Crippen LogP contribution in [0.25, 0.3) is 0 Å². The van der Waals surface area contributed by atoms with Crippen LogP contribution in [0.1, 0.15) is 20.8 Å². The van der Waals surface area contributed by atoms with Gasteiger partial charge < -0.3 is 19.9 Å². The van der Waals surface area contributed by atoms with E-state index in [9.17, 15) is 31.5 Å². The molecule has 0 saturated heterocycles. The molecule has 1 amide bonds. The Morgan fingerprint density at radius 3 is 1.84 bits per heavy atom. The molecule has 1 aromatic rings. The number of hydrogen-bond donors (Lipinski definition) is 2. The van der Waals surface area contributed by atoms with Crippen LogP contribution >= 0.6 is 0 Å². The minimum absolute atomic E-state index is 0.963. The number of benzene rings is 1. The summed E-state index contributed by atoms with van der Waals surface area (Å²) >= 11 is 0. The van der Waals surface area contributed by atoms with Crippen molar-refractivity contribution in [2.45, 2.75) is 32.4 Å². The molecule has 2 N–H and O–H groups in total. The molecule has 0 aliphatic rings. The summed E-state index contributed by atoms with van der Waals surface area (Å²) in [4.78, 5) is 23.2. The number of ether oxygens (including phenoxy) is 2. The van der Waals surface area contributed by atoms with Gasteiger partial charge in [-0.2, -0.15) is 8.78 Å². The predicted octanol–water partition coefficient (Wildman–Crippen LogP) is 2.17. The lowest BCUT2D eigenvalue weighted by Gasteiger charge is -2.22. The van der Waals surface area contributed by atoms with Gasteiger partial charge in [-0.3, -0.25) is 0 Å². The third-order valence-corrected chi connectivity index (χ3v) is 2.53. The van der Waals surface area contributed by atoms with Crippen LogP contribution in [0, 0.1) is 29.1 Å². The Morgan fingerprint density at radius 1 is 1.00 bits per heavy atom. The number of halogens is 5. The second-order valence-corrected chi connectivity index (χ2v) is 5.70. The zero-order chi connectivity index (χ0) is 19.5. The van der Waals surface area contributed by atoms with Crippen molar-refractivity contribution in [3.05, 3.63) is 29.1 Å². The molecule has 1 atom stereocenters. The van der Waals surface area contributed by atoms with E-state index in [2.05, 4.69) is 4.74 Å². The normalized spacial score (nSPS) is 12.5. The van der Waals surface area contributed by atoms with Gasteiger partial charge in [0.15, 0.2) is 6.04 Å². The number of hydrogen-bond acceptors (Lipinski definition) is 5. The molecule has 0 aliphatic carbocycles. The lowest BCUT2D eigenvalue weighted by molar-refractivity contribution is -0.138. The maximum absolute atomic E-state index is 13.4. The molecule has 1 aromatic carbocycles. The van der Waals surface area contributed by atoms with Crippen molar-refractivity contribution in [3.8, 4) is 5.75 Å². The van der Waals surface area contributed by atoms with Gasteiger partial charge in [0.1, 0.15) is 5.60 Å². The number of aliphatic hydroxyl groups excluding tert-OH is 1. The van der Waals surface area contributed by atoms with E-state index in [4.69, 9.17) is 9.84 Å². The van der Waals surface area contributed by atoms with Crippen molar-refractivity contribution in [2.75, 3.05) is 6.61 Å². The number of nitrogens with one attached hydrogen (secondary N) is 1. The fourth-order valence-electron chi connectivity index (χ4n) is 1.48. The van der Waals surface area contributed by atoms with Crippen LogP contribution in [0.5, 0.6) is 5.75 Å². The molecule has 0 bridgehead atoms. The number of alkyl carbamates (subject to hydrolysis) is 1. The Morgan fingerprint density at radius 2 is 1.44 bits per heavy atom. The highest BCUT2D eigenvalue weighted by Gasteiger charge is 2.31. The maximum Gasteiger partial charge on any atom is 0.408 e. The first-order valence-corrected chi connectivity index (χ1v) is 6.72. The van der Waals surface area contributed by atoms with Crippen LogP contribution in [0.15, 0.2) is 0 Å². The van der Waals surface area contributed by atoms with E-state index >= 15 is 0 Å². The monoisotopic (exact) mass is 371 g/mol. The van der Waals surface area contributed by atoms with Crippen molar-refractivity contribution >= 4 is 12.1 Å². The number of aliphatic hydroxyl groups is 1. The summed E-state index contributed by atoms with van der Waals surface area (Å²) in [5.41, 5.74) is -0.963. The summed E-state index contributed by atoms with van der Waals surface area (Å²) in [5, 5.41) is 10.9. The zero-order valence-corrected chi connectivity index (χ0v) is 13.3. The molecule has 140 valence electrons. The number of carbonyl (C=O) groups excluding carboxylic acids is 2. The number of amides is 1. The Hall–Kier alpha value is -2.43. The summed E-state index contributed by atoms with van der Waals surface area (Å²) in [6.45, 7) is 3.39.